The minimum atomic E-state index is -3.41. The van der Waals surface area contributed by atoms with Crippen LogP contribution < -0.4 is 9.62 Å². The fraction of sp³-hybridized carbons (Fsp3) is 0.588. The lowest BCUT2D eigenvalue weighted by Crippen LogP contribution is -2.38. The Balaban J connectivity index is 2.90. The van der Waals surface area contributed by atoms with E-state index in [1.807, 2.05) is 39.8 Å². The van der Waals surface area contributed by atoms with Crippen LogP contribution in [0.4, 0.5) is 5.69 Å². The molecule has 0 saturated carbocycles. The highest BCUT2D eigenvalue weighted by Gasteiger charge is 2.21. The van der Waals surface area contributed by atoms with Gasteiger partial charge in [0.2, 0.25) is 15.9 Å². The summed E-state index contributed by atoms with van der Waals surface area (Å²) in [6, 6.07) is 3.95. The summed E-state index contributed by atoms with van der Waals surface area (Å²) in [4.78, 5) is 11.7. The van der Waals surface area contributed by atoms with Gasteiger partial charge in [-0.15, -0.1) is 0 Å². The van der Waals surface area contributed by atoms with E-state index in [0.717, 1.165) is 29.5 Å². The van der Waals surface area contributed by atoms with Gasteiger partial charge in [-0.3, -0.25) is 9.10 Å². The van der Waals surface area contributed by atoms with Gasteiger partial charge in [0.15, 0.2) is 0 Å². The molecule has 0 spiro atoms. The monoisotopic (exact) mass is 340 g/mol. The van der Waals surface area contributed by atoms with E-state index in [-0.39, 0.29) is 12.5 Å². The van der Waals surface area contributed by atoms with Gasteiger partial charge < -0.3 is 5.32 Å². The number of hydrogen-bond donors (Lipinski definition) is 1. The van der Waals surface area contributed by atoms with Crippen LogP contribution in [0.15, 0.2) is 12.1 Å². The van der Waals surface area contributed by atoms with Crippen LogP contribution in [0.1, 0.15) is 42.9 Å². The van der Waals surface area contributed by atoms with Crippen molar-refractivity contribution in [2.24, 2.45) is 0 Å². The van der Waals surface area contributed by atoms with Crippen molar-refractivity contribution in [2.45, 2.75) is 47.0 Å². The Labute approximate surface area is 140 Å². The van der Waals surface area contributed by atoms with E-state index in [0.29, 0.717) is 18.7 Å². The van der Waals surface area contributed by atoms with Crippen molar-refractivity contribution in [3.05, 3.63) is 28.8 Å². The molecule has 0 radical (unpaired) electrons. The van der Waals surface area contributed by atoms with E-state index in [1.165, 1.54) is 10.6 Å². The lowest BCUT2D eigenvalue weighted by Gasteiger charge is -2.26. The number of hydrogen-bond acceptors (Lipinski definition) is 3. The van der Waals surface area contributed by atoms with Crippen LogP contribution in [0.3, 0.4) is 0 Å². The van der Waals surface area contributed by atoms with Crippen LogP contribution in [0.25, 0.3) is 0 Å². The minimum absolute atomic E-state index is 0.0300. The van der Waals surface area contributed by atoms with Gasteiger partial charge >= 0.3 is 0 Å². The average Bonchev–Trinajstić information content (AvgIpc) is 2.41. The Morgan fingerprint density at radius 1 is 1.17 bits per heavy atom. The first-order valence-electron chi connectivity index (χ1n) is 7.99. The molecule has 23 heavy (non-hydrogen) atoms. The molecular formula is C17H28N2O3S. The molecule has 1 aromatic carbocycles. The maximum atomic E-state index is 12.2. The first-order valence-corrected chi connectivity index (χ1v) is 9.84. The fourth-order valence-electron chi connectivity index (χ4n) is 2.73. The first-order chi connectivity index (χ1) is 10.7. The molecule has 0 aliphatic heterocycles. The van der Waals surface area contributed by atoms with Gasteiger partial charge in [0.25, 0.3) is 0 Å². The van der Waals surface area contributed by atoms with Crippen LogP contribution >= 0.6 is 0 Å². The van der Waals surface area contributed by atoms with Crippen molar-refractivity contribution < 1.29 is 13.2 Å². The predicted octanol–water partition coefficient (Wildman–Crippen LogP) is 2.68. The van der Waals surface area contributed by atoms with E-state index < -0.39 is 10.0 Å². The number of carbonyl (C=O) groups excluding carboxylic acids is 1. The molecule has 1 rings (SSSR count). The zero-order valence-electron chi connectivity index (χ0n) is 14.8. The number of sulfonamides is 1. The smallest absolute Gasteiger partial charge is 0.232 e. The predicted molar refractivity (Wildman–Crippen MR) is 95.4 cm³/mol. The highest BCUT2D eigenvalue weighted by molar-refractivity contribution is 7.92. The highest BCUT2D eigenvalue weighted by Crippen LogP contribution is 2.27. The van der Waals surface area contributed by atoms with E-state index in [4.69, 9.17) is 0 Å². The fourth-order valence-corrected chi connectivity index (χ4v) is 3.77. The molecule has 0 atom stereocenters. The molecule has 0 fully saturated rings. The zero-order chi connectivity index (χ0) is 17.6. The Morgan fingerprint density at radius 2 is 1.74 bits per heavy atom. The number of nitrogens with one attached hydrogen (secondary N) is 1. The Kier molecular flexibility index (Phi) is 7.06. The summed E-state index contributed by atoms with van der Waals surface area (Å²) in [5.74, 6) is -0.0300. The van der Waals surface area contributed by atoms with Gasteiger partial charge in [0.05, 0.1) is 18.5 Å². The standard InChI is InChI=1S/C17H28N2O3S/c1-6-7-8-16(20)18-9-10-19(23(5,21)22)17-14(3)11-13(2)12-15(17)4/h11-12H,6-10H2,1-5H3,(H,18,20). The number of anilines is 1. The molecule has 0 aliphatic carbocycles. The van der Waals surface area contributed by atoms with Crippen molar-refractivity contribution in [3.63, 3.8) is 0 Å². The summed E-state index contributed by atoms with van der Waals surface area (Å²) in [6.45, 7) is 8.38. The van der Waals surface area contributed by atoms with Crippen LogP contribution in [0.5, 0.6) is 0 Å². The van der Waals surface area contributed by atoms with Crippen LogP contribution in [-0.4, -0.2) is 33.7 Å². The number of amides is 1. The third kappa shape index (κ3) is 5.86. The van der Waals surface area contributed by atoms with Gasteiger partial charge in [-0.25, -0.2) is 8.42 Å². The summed E-state index contributed by atoms with van der Waals surface area (Å²) in [5, 5.41) is 2.80. The van der Waals surface area contributed by atoms with E-state index in [1.54, 1.807) is 0 Å². The number of benzene rings is 1. The summed E-state index contributed by atoms with van der Waals surface area (Å²) >= 11 is 0. The maximum absolute atomic E-state index is 12.2. The summed E-state index contributed by atoms with van der Waals surface area (Å²) in [7, 11) is -3.41. The summed E-state index contributed by atoms with van der Waals surface area (Å²) in [5.41, 5.74) is 3.65. The van der Waals surface area contributed by atoms with Crippen molar-refractivity contribution in [2.75, 3.05) is 23.7 Å². The second-order valence-electron chi connectivity index (χ2n) is 6.04. The molecule has 1 aromatic rings. The van der Waals surface area contributed by atoms with Crippen molar-refractivity contribution in [1.82, 2.24) is 5.32 Å². The third-order valence-corrected chi connectivity index (χ3v) is 4.85. The lowest BCUT2D eigenvalue weighted by atomic mass is 10.1. The number of aryl methyl sites for hydroxylation is 3. The number of nitrogens with zero attached hydrogens (tertiary/aromatic N) is 1. The van der Waals surface area contributed by atoms with Gasteiger partial charge in [-0.2, -0.15) is 0 Å². The second kappa shape index (κ2) is 8.34. The van der Waals surface area contributed by atoms with Crippen molar-refractivity contribution >= 4 is 21.6 Å². The molecule has 0 aliphatic rings. The zero-order valence-corrected chi connectivity index (χ0v) is 15.6. The van der Waals surface area contributed by atoms with Crippen LogP contribution in [0, 0.1) is 20.8 Å². The third-order valence-electron chi connectivity index (χ3n) is 3.68. The molecule has 130 valence electrons. The van der Waals surface area contributed by atoms with Gasteiger partial charge in [0.1, 0.15) is 0 Å². The molecule has 0 heterocycles. The van der Waals surface area contributed by atoms with E-state index in [9.17, 15) is 13.2 Å². The molecule has 0 bridgehead atoms. The molecule has 0 aromatic heterocycles. The van der Waals surface area contributed by atoms with Crippen LogP contribution in [-0.2, 0) is 14.8 Å². The number of carbonyl (C=O) groups is 1. The molecule has 0 saturated heterocycles. The van der Waals surface area contributed by atoms with Crippen molar-refractivity contribution in [3.8, 4) is 0 Å². The largest absolute Gasteiger partial charge is 0.354 e. The van der Waals surface area contributed by atoms with E-state index in [2.05, 4.69) is 5.32 Å². The maximum Gasteiger partial charge on any atom is 0.232 e. The number of rotatable bonds is 8. The normalized spacial score (nSPS) is 11.3. The van der Waals surface area contributed by atoms with Gasteiger partial charge in [-0.05, 0) is 38.3 Å². The molecule has 1 amide bonds. The Morgan fingerprint density at radius 3 is 2.22 bits per heavy atom. The average molecular weight is 340 g/mol. The Bertz CT molecular complexity index is 631. The molecule has 5 nitrogen and oxygen atoms in total. The summed E-state index contributed by atoms with van der Waals surface area (Å²) < 4.78 is 25.8. The quantitative estimate of drug-likeness (QED) is 0.791. The highest BCUT2D eigenvalue weighted by atomic mass is 32.2. The Hall–Kier alpha value is -1.56. The van der Waals surface area contributed by atoms with Gasteiger partial charge in [-0.1, -0.05) is 31.0 Å². The first kappa shape index (κ1) is 19.5. The summed E-state index contributed by atoms with van der Waals surface area (Å²) in [6.07, 6.45) is 3.49. The number of unbranched alkanes of at least 4 members (excludes halogenated alkanes) is 1. The SMILES string of the molecule is CCCCC(=O)NCCN(c1c(C)cc(C)cc1C)S(C)(=O)=O. The van der Waals surface area contributed by atoms with E-state index >= 15 is 0 Å². The van der Waals surface area contributed by atoms with Gasteiger partial charge in [0, 0.05) is 13.0 Å². The molecule has 1 N–H and O–H groups in total. The second-order valence-corrected chi connectivity index (χ2v) is 7.94. The van der Waals surface area contributed by atoms with Crippen molar-refractivity contribution in [1.29, 1.82) is 0 Å². The van der Waals surface area contributed by atoms with Crippen LogP contribution in [0.2, 0.25) is 0 Å². The topological polar surface area (TPSA) is 66.5 Å². The molecular weight excluding hydrogens is 312 g/mol. The lowest BCUT2D eigenvalue weighted by molar-refractivity contribution is -0.121. The molecule has 6 heteroatoms. The minimum Gasteiger partial charge on any atom is -0.354 e. The molecule has 0 unspecified atom stereocenters.